The average molecular weight is 426 g/mol. The van der Waals surface area contributed by atoms with Crippen LogP contribution in [0.4, 0.5) is 5.82 Å². The van der Waals surface area contributed by atoms with E-state index in [0.717, 1.165) is 11.3 Å². The summed E-state index contributed by atoms with van der Waals surface area (Å²) in [6, 6.07) is 3.65. The van der Waals surface area contributed by atoms with Gasteiger partial charge < -0.3 is 10.6 Å². The van der Waals surface area contributed by atoms with E-state index < -0.39 is 0 Å². The predicted molar refractivity (Wildman–Crippen MR) is 104 cm³/mol. The fourth-order valence-corrected chi connectivity index (χ4v) is 2.43. The van der Waals surface area contributed by atoms with Crippen LogP contribution < -0.4 is 5.73 Å². The number of nitrogens with zero attached hydrogens (tertiary/aromatic N) is 9. The van der Waals surface area contributed by atoms with E-state index in [9.17, 15) is 0 Å². The number of anilines is 1. The standard InChI is InChI=1S/C14H15N11O.2ClH/c1-24(2)7-9-10(18-23-25(9)14-11(15)21-26-22-14)13-17-12(19-20-13)8-3-5-16-6-4-8;;/h3-6H,7H2,1-2H3,(H2,15,21)(H,17,19,20);2*1H. The first kappa shape index (κ1) is 21.2. The van der Waals surface area contributed by atoms with E-state index in [-0.39, 0.29) is 36.4 Å². The zero-order valence-electron chi connectivity index (χ0n) is 14.8. The molecule has 4 rings (SSSR count). The highest BCUT2D eigenvalue weighted by atomic mass is 35.5. The monoisotopic (exact) mass is 425 g/mol. The number of nitrogen functional groups attached to an aromatic ring is 1. The third kappa shape index (κ3) is 3.93. The Morgan fingerprint density at radius 1 is 1.18 bits per heavy atom. The van der Waals surface area contributed by atoms with Gasteiger partial charge in [-0.15, -0.1) is 29.9 Å². The van der Waals surface area contributed by atoms with Crippen molar-refractivity contribution in [2.45, 2.75) is 6.54 Å². The Balaban J connectivity index is 0.00000140. The molecule has 0 spiro atoms. The molecule has 4 aromatic heterocycles. The molecule has 0 amide bonds. The van der Waals surface area contributed by atoms with Gasteiger partial charge in [-0.2, -0.15) is 9.78 Å². The second-order valence-corrected chi connectivity index (χ2v) is 5.75. The quantitative estimate of drug-likeness (QED) is 0.472. The van der Waals surface area contributed by atoms with Gasteiger partial charge in [-0.1, -0.05) is 5.21 Å². The summed E-state index contributed by atoms with van der Waals surface area (Å²) in [6.07, 6.45) is 3.36. The Labute approximate surface area is 171 Å². The summed E-state index contributed by atoms with van der Waals surface area (Å²) in [4.78, 5) is 10.5. The maximum atomic E-state index is 5.79. The largest absolute Gasteiger partial charge is 0.378 e. The summed E-state index contributed by atoms with van der Waals surface area (Å²) in [5.74, 6) is 1.41. The molecule has 0 aromatic carbocycles. The maximum absolute atomic E-state index is 5.79. The molecule has 0 aliphatic rings. The third-order valence-corrected chi connectivity index (χ3v) is 3.57. The van der Waals surface area contributed by atoms with Gasteiger partial charge in [-0.3, -0.25) is 10.1 Å². The third-order valence-electron chi connectivity index (χ3n) is 3.57. The van der Waals surface area contributed by atoms with Crippen LogP contribution in [-0.2, 0) is 6.54 Å². The molecule has 0 saturated carbocycles. The first-order valence-corrected chi connectivity index (χ1v) is 7.64. The molecule has 0 saturated heterocycles. The normalized spacial score (nSPS) is 10.5. The summed E-state index contributed by atoms with van der Waals surface area (Å²) in [6.45, 7) is 0.514. The van der Waals surface area contributed by atoms with Crippen LogP contribution in [-0.4, -0.2) is 64.5 Å². The molecule has 0 atom stereocenters. The van der Waals surface area contributed by atoms with Crippen molar-refractivity contribution in [3.05, 3.63) is 30.2 Å². The molecule has 0 radical (unpaired) electrons. The minimum atomic E-state index is 0. The van der Waals surface area contributed by atoms with Gasteiger partial charge in [0.15, 0.2) is 17.3 Å². The summed E-state index contributed by atoms with van der Waals surface area (Å²) >= 11 is 0. The lowest BCUT2D eigenvalue weighted by Crippen LogP contribution is -2.16. The van der Waals surface area contributed by atoms with Gasteiger partial charge in [0.05, 0.1) is 5.69 Å². The molecular weight excluding hydrogens is 409 g/mol. The van der Waals surface area contributed by atoms with Gasteiger partial charge in [0.25, 0.3) is 0 Å². The number of nitrogens with one attached hydrogen (secondary N) is 1. The highest BCUT2D eigenvalue weighted by molar-refractivity contribution is 5.85. The minimum Gasteiger partial charge on any atom is -0.378 e. The highest BCUT2D eigenvalue weighted by Gasteiger charge is 2.23. The summed E-state index contributed by atoms with van der Waals surface area (Å²) in [5, 5.41) is 22.9. The van der Waals surface area contributed by atoms with E-state index in [0.29, 0.717) is 23.9 Å². The Bertz CT molecular complexity index is 1030. The van der Waals surface area contributed by atoms with E-state index in [2.05, 4.69) is 45.4 Å². The number of pyridine rings is 1. The van der Waals surface area contributed by atoms with Crippen LogP contribution in [0.15, 0.2) is 29.2 Å². The van der Waals surface area contributed by atoms with Crippen molar-refractivity contribution in [3.63, 3.8) is 0 Å². The molecule has 3 N–H and O–H groups in total. The van der Waals surface area contributed by atoms with E-state index in [1.165, 1.54) is 4.68 Å². The van der Waals surface area contributed by atoms with Crippen LogP contribution in [0.1, 0.15) is 5.69 Å². The Morgan fingerprint density at radius 3 is 2.57 bits per heavy atom. The van der Waals surface area contributed by atoms with Crippen molar-refractivity contribution in [1.29, 1.82) is 0 Å². The Morgan fingerprint density at radius 2 is 1.93 bits per heavy atom. The van der Waals surface area contributed by atoms with Crippen LogP contribution in [0.25, 0.3) is 28.7 Å². The number of aromatic nitrogens is 9. The van der Waals surface area contributed by atoms with E-state index in [1.807, 2.05) is 31.1 Å². The summed E-state index contributed by atoms with van der Waals surface area (Å²) in [5.41, 5.74) is 7.88. The summed E-state index contributed by atoms with van der Waals surface area (Å²) < 4.78 is 6.15. The molecule has 28 heavy (non-hydrogen) atoms. The number of aromatic amines is 1. The number of H-pyrrole nitrogens is 1. The smallest absolute Gasteiger partial charge is 0.243 e. The molecule has 0 unspecified atom stereocenters. The van der Waals surface area contributed by atoms with Crippen molar-refractivity contribution in [2.24, 2.45) is 0 Å². The van der Waals surface area contributed by atoms with Crippen molar-refractivity contribution in [3.8, 4) is 28.7 Å². The maximum Gasteiger partial charge on any atom is 0.243 e. The van der Waals surface area contributed by atoms with E-state index in [1.54, 1.807) is 12.4 Å². The number of nitrogens with two attached hydrogens (primary N) is 1. The summed E-state index contributed by atoms with van der Waals surface area (Å²) in [7, 11) is 3.85. The van der Waals surface area contributed by atoms with Crippen LogP contribution in [0, 0.1) is 0 Å². The van der Waals surface area contributed by atoms with Gasteiger partial charge in [0, 0.05) is 24.5 Å². The number of rotatable bonds is 5. The van der Waals surface area contributed by atoms with Crippen LogP contribution >= 0.6 is 24.8 Å². The van der Waals surface area contributed by atoms with E-state index in [4.69, 9.17) is 5.73 Å². The Hall–Kier alpha value is -3.09. The van der Waals surface area contributed by atoms with Gasteiger partial charge in [0.1, 0.15) is 0 Å². The molecule has 12 nitrogen and oxygen atoms in total. The first-order valence-electron chi connectivity index (χ1n) is 7.64. The lowest BCUT2D eigenvalue weighted by atomic mass is 10.2. The second-order valence-electron chi connectivity index (χ2n) is 5.75. The van der Waals surface area contributed by atoms with Crippen LogP contribution in [0.5, 0.6) is 0 Å². The molecule has 0 fully saturated rings. The predicted octanol–water partition coefficient (Wildman–Crippen LogP) is 0.985. The lowest BCUT2D eigenvalue weighted by molar-refractivity contribution is 0.306. The van der Waals surface area contributed by atoms with Gasteiger partial charge >= 0.3 is 0 Å². The number of hydrogen-bond acceptors (Lipinski definition) is 10. The molecule has 0 aliphatic heterocycles. The molecule has 14 heteroatoms. The average Bonchev–Trinajstić information content (AvgIpc) is 3.35. The Kier molecular flexibility index (Phi) is 6.62. The van der Waals surface area contributed by atoms with Gasteiger partial charge in [-0.25, -0.2) is 9.61 Å². The van der Waals surface area contributed by atoms with Gasteiger partial charge in [0.2, 0.25) is 11.6 Å². The van der Waals surface area contributed by atoms with Crippen molar-refractivity contribution < 1.29 is 4.63 Å². The molecule has 0 bridgehead atoms. The highest BCUT2D eigenvalue weighted by Crippen LogP contribution is 2.24. The van der Waals surface area contributed by atoms with Crippen molar-refractivity contribution >= 4 is 30.6 Å². The number of halogens is 2. The van der Waals surface area contributed by atoms with Crippen molar-refractivity contribution in [2.75, 3.05) is 19.8 Å². The SMILES string of the molecule is CN(C)Cc1c(-c2nc(-c3ccncc3)n[nH]2)nnn1-c1nonc1N.Cl.Cl. The fraction of sp³-hybridized carbons (Fsp3) is 0.214. The molecule has 4 heterocycles. The zero-order valence-corrected chi connectivity index (χ0v) is 16.5. The van der Waals surface area contributed by atoms with Gasteiger partial charge in [-0.05, 0) is 36.5 Å². The zero-order chi connectivity index (χ0) is 18.1. The number of hydrogen-bond donors (Lipinski definition) is 2. The minimum absolute atomic E-state index is 0. The molecule has 4 aromatic rings. The molecule has 0 aliphatic carbocycles. The van der Waals surface area contributed by atoms with E-state index >= 15 is 0 Å². The fourth-order valence-electron chi connectivity index (χ4n) is 2.43. The van der Waals surface area contributed by atoms with Crippen LogP contribution in [0.3, 0.4) is 0 Å². The lowest BCUT2D eigenvalue weighted by Gasteiger charge is -2.10. The molecular formula is C14H17Cl2N11O. The molecule has 148 valence electrons. The topological polar surface area (TPSA) is 153 Å². The first-order chi connectivity index (χ1) is 12.6. The van der Waals surface area contributed by atoms with Crippen molar-refractivity contribution in [1.82, 2.24) is 50.4 Å². The second kappa shape index (κ2) is 8.73. The van der Waals surface area contributed by atoms with Crippen LogP contribution in [0.2, 0.25) is 0 Å².